The number of fused-ring (bicyclic) bond motifs is 1. The van der Waals surface area contributed by atoms with Crippen molar-refractivity contribution in [1.29, 1.82) is 0 Å². The van der Waals surface area contributed by atoms with Crippen molar-refractivity contribution in [1.82, 2.24) is 15.2 Å². The highest BCUT2D eigenvalue weighted by Crippen LogP contribution is 2.30. The first-order chi connectivity index (χ1) is 14.1. The molecule has 1 aliphatic heterocycles. The first-order valence-electron chi connectivity index (χ1n) is 10.2. The Bertz CT molecular complexity index is 1050. The highest BCUT2D eigenvalue weighted by Gasteiger charge is 2.28. The molecule has 3 aromatic rings. The molecule has 1 fully saturated rings. The van der Waals surface area contributed by atoms with Crippen molar-refractivity contribution in [3.05, 3.63) is 59.7 Å². The third kappa shape index (κ3) is 3.96. The van der Waals surface area contributed by atoms with Gasteiger partial charge in [0.2, 0.25) is 5.91 Å². The lowest BCUT2D eigenvalue weighted by Crippen LogP contribution is -2.54. The molecule has 1 atom stereocenters. The van der Waals surface area contributed by atoms with Crippen molar-refractivity contribution in [3.63, 3.8) is 0 Å². The topological polar surface area (TPSA) is 54.5 Å². The first kappa shape index (κ1) is 19.4. The zero-order valence-corrected chi connectivity index (χ0v) is 17.2. The van der Waals surface area contributed by atoms with Crippen molar-refractivity contribution >= 4 is 16.8 Å². The highest BCUT2D eigenvalue weighted by atomic mass is 16.5. The Balaban J connectivity index is 1.82. The number of pyridine rings is 1. The Morgan fingerprint density at radius 1 is 1.21 bits per heavy atom. The number of piperazine rings is 1. The molecule has 4 rings (SSSR count). The number of ether oxygens (including phenoxy) is 1. The fourth-order valence-corrected chi connectivity index (χ4v) is 4.09. The molecule has 1 aliphatic rings. The average molecular weight is 389 g/mol. The van der Waals surface area contributed by atoms with Gasteiger partial charge in [0, 0.05) is 36.7 Å². The predicted molar refractivity (Wildman–Crippen MR) is 116 cm³/mol. The second-order valence-electron chi connectivity index (χ2n) is 7.61. The molecule has 1 aromatic heterocycles. The number of carbonyl (C=O) groups excluding carboxylic acids is 1. The number of hydrogen-bond donors (Lipinski definition) is 1. The minimum absolute atomic E-state index is 0.0966. The van der Waals surface area contributed by atoms with E-state index in [9.17, 15) is 4.79 Å². The van der Waals surface area contributed by atoms with E-state index in [1.807, 2.05) is 18.2 Å². The van der Waals surface area contributed by atoms with Gasteiger partial charge in [-0.15, -0.1) is 0 Å². The fraction of sp³-hybridized carbons (Fsp3) is 0.333. The monoisotopic (exact) mass is 389 g/mol. The molecule has 0 radical (unpaired) electrons. The van der Waals surface area contributed by atoms with E-state index in [-0.39, 0.29) is 11.9 Å². The van der Waals surface area contributed by atoms with E-state index in [4.69, 9.17) is 9.72 Å². The van der Waals surface area contributed by atoms with E-state index in [1.54, 1.807) is 7.11 Å². The van der Waals surface area contributed by atoms with E-state index >= 15 is 0 Å². The highest BCUT2D eigenvalue weighted by molar-refractivity contribution is 5.85. The van der Waals surface area contributed by atoms with Gasteiger partial charge in [0.15, 0.2) is 0 Å². The van der Waals surface area contributed by atoms with Crippen LogP contribution < -0.4 is 10.1 Å². The summed E-state index contributed by atoms with van der Waals surface area (Å²) in [5.74, 6) is 0.918. The van der Waals surface area contributed by atoms with Gasteiger partial charge < -0.3 is 10.1 Å². The van der Waals surface area contributed by atoms with Crippen LogP contribution in [0.5, 0.6) is 5.75 Å². The van der Waals surface area contributed by atoms with Crippen molar-refractivity contribution in [3.8, 4) is 17.0 Å². The van der Waals surface area contributed by atoms with Crippen molar-refractivity contribution < 1.29 is 9.53 Å². The summed E-state index contributed by atoms with van der Waals surface area (Å²) in [5, 5.41) is 4.06. The molecule has 2 heterocycles. The summed E-state index contributed by atoms with van der Waals surface area (Å²) < 4.78 is 5.39. The summed E-state index contributed by atoms with van der Waals surface area (Å²) in [7, 11) is 1.67. The number of amides is 1. The molecular formula is C24H27N3O2. The minimum Gasteiger partial charge on any atom is -0.497 e. The molecule has 0 aliphatic carbocycles. The van der Waals surface area contributed by atoms with Crippen LogP contribution in [0.4, 0.5) is 0 Å². The van der Waals surface area contributed by atoms with Gasteiger partial charge in [0.1, 0.15) is 5.75 Å². The second-order valence-corrected chi connectivity index (χ2v) is 7.61. The lowest BCUT2D eigenvalue weighted by Gasteiger charge is -2.34. The molecule has 29 heavy (non-hydrogen) atoms. The summed E-state index contributed by atoms with van der Waals surface area (Å²) in [5.41, 5.74) is 5.31. The van der Waals surface area contributed by atoms with E-state index < -0.39 is 0 Å². The van der Waals surface area contributed by atoms with Crippen LogP contribution >= 0.6 is 0 Å². The number of benzene rings is 2. The normalized spacial score (nSPS) is 17.3. The first-order valence-corrected chi connectivity index (χ1v) is 10.2. The second kappa shape index (κ2) is 8.21. The average Bonchev–Trinajstić information content (AvgIpc) is 2.73. The molecule has 0 spiro atoms. The van der Waals surface area contributed by atoms with Crippen LogP contribution in [-0.2, 0) is 11.3 Å². The molecule has 5 heteroatoms. The SMILES string of the molecule is CC[C@H]1C(=O)NCCN1Cc1cc2ccc(OC)cc2nc1-c1cccc(C)c1. The minimum atomic E-state index is -0.0966. The number of nitrogens with one attached hydrogen (secondary N) is 1. The van der Waals surface area contributed by atoms with Crippen molar-refractivity contribution in [2.75, 3.05) is 20.2 Å². The van der Waals surface area contributed by atoms with Crippen LogP contribution in [0, 0.1) is 6.92 Å². The lowest BCUT2D eigenvalue weighted by atomic mass is 10.00. The van der Waals surface area contributed by atoms with E-state index in [2.05, 4.69) is 54.4 Å². The van der Waals surface area contributed by atoms with Crippen molar-refractivity contribution in [2.24, 2.45) is 0 Å². The molecule has 150 valence electrons. The molecule has 1 N–H and O–H groups in total. The largest absolute Gasteiger partial charge is 0.497 e. The lowest BCUT2D eigenvalue weighted by molar-refractivity contribution is -0.129. The Morgan fingerprint density at radius 3 is 2.83 bits per heavy atom. The Labute approximate surface area is 171 Å². The molecule has 5 nitrogen and oxygen atoms in total. The van der Waals surface area contributed by atoms with Crippen LogP contribution in [0.15, 0.2) is 48.5 Å². The number of hydrogen-bond acceptors (Lipinski definition) is 4. The van der Waals surface area contributed by atoms with Gasteiger partial charge in [0.25, 0.3) is 0 Å². The van der Waals surface area contributed by atoms with Gasteiger partial charge in [-0.1, -0.05) is 30.7 Å². The standard InChI is InChI=1S/C24H27N3O2/c1-4-22-24(28)25-10-11-27(22)15-19-13-17-8-9-20(29-3)14-21(17)26-23(19)18-7-5-6-16(2)12-18/h5-9,12-14,22H,4,10-11,15H2,1-3H3,(H,25,28)/t22-/m0/s1. The number of carbonyl (C=O) groups is 1. The molecular weight excluding hydrogens is 362 g/mol. The molecule has 1 amide bonds. The van der Waals surface area contributed by atoms with Crippen LogP contribution in [-0.4, -0.2) is 42.0 Å². The number of rotatable bonds is 5. The number of aryl methyl sites for hydroxylation is 1. The third-order valence-electron chi connectivity index (χ3n) is 5.60. The maximum absolute atomic E-state index is 12.3. The van der Waals surface area contributed by atoms with Crippen LogP contribution in [0.2, 0.25) is 0 Å². The van der Waals surface area contributed by atoms with Gasteiger partial charge in [0.05, 0.1) is 24.4 Å². The smallest absolute Gasteiger partial charge is 0.237 e. The van der Waals surface area contributed by atoms with Crippen LogP contribution in [0.1, 0.15) is 24.5 Å². The predicted octanol–water partition coefficient (Wildman–Crippen LogP) is 3.93. The summed E-state index contributed by atoms with van der Waals surface area (Å²) in [6, 6.07) is 16.5. The van der Waals surface area contributed by atoms with Crippen LogP contribution in [0.25, 0.3) is 22.2 Å². The molecule has 1 saturated heterocycles. The van der Waals surface area contributed by atoms with E-state index in [0.717, 1.165) is 46.4 Å². The number of aromatic nitrogens is 1. The maximum Gasteiger partial charge on any atom is 0.237 e. The van der Waals surface area contributed by atoms with Gasteiger partial charge in [-0.2, -0.15) is 0 Å². The Morgan fingerprint density at radius 2 is 2.07 bits per heavy atom. The van der Waals surface area contributed by atoms with E-state index in [1.165, 1.54) is 5.56 Å². The summed E-state index contributed by atoms with van der Waals surface area (Å²) in [6.45, 7) is 6.39. The van der Waals surface area contributed by atoms with Gasteiger partial charge in [-0.3, -0.25) is 9.69 Å². The zero-order valence-electron chi connectivity index (χ0n) is 17.2. The maximum atomic E-state index is 12.3. The zero-order chi connectivity index (χ0) is 20.4. The molecule has 0 bridgehead atoms. The Kier molecular flexibility index (Phi) is 5.49. The number of methoxy groups -OCH3 is 1. The van der Waals surface area contributed by atoms with E-state index in [0.29, 0.717) is 13.1 Å². The molecule has 0 saturated carbocycles. The Hall–Kier alpha value is -2.92. The van der Waals surface area contributed by atoms with Crippen molar-refractivity contribution in [2.45, 2.75) is 32.9 Å². The van der Waals surface area contributed by atoms with Crippen LogP contribution in [0.3, 0.4) is 0 Å². The summed E-state index contributed by atoms with van der Waals surface area (Å²) in [4.78, 5) is 19.6. The third-order valence-corrected chi connectivity index (χ3v) is 5.60. The number of nitrogens with zero attached hydrogens (tertiary/aromatic N) is 2. The quantitative estimate of drug-likeness (QED) is 0.718. The van der Waals surface area contributed by atoms with Gasteiger partial charge >= 0.3 is 0 Å². The molecule has 2 aromatic carbocycles. The molecule has 0 unspecified atom stereocenters. The van der Waals surface area contributed by atoms with Gasteiger partial charge in [-0.05, 0) is 43.2 Å². The summed E-state index contributed by atoms with van der Waals surface area (Å²) in [6.07, 6.45) is 0.795. The fourth-order valence-electron chi connectivity index (χ4n) is 4.09. The van der Waals surface area contributed by atoms with Gasteiger partial charge in [-0.25, -0.2) is 4.98 Å². The summed E-state index contributed by atoms with van der Waals surface area (Å²) >= 11 is 0.